The molecule has 0 spiro atoms. The van der Waals surface area contributed by atoms with Crippen LogP contribution in [0.2, 0.25) is 0 Å². The lowest BCUT2D eigenvalue weighted by Crippen LogP contribution is -2.26. The fraction of sp³-hybridized carbons (Fsp3) is 0.200. The number of nitrogens with one attached hydrogen (secondary N) is 1. The van der Waals surface area contributed by atoms with Crippen LogP contribution in [0.15, 0.2) is 57.5 Å². The van der Waals surface area contributed by atoms with Crippen molar-refractivity contribution in [2.75, 3.05) is 0 Å². The Balaban J connectivity index is 1.53. The Labute approximate surface area is 155 Å². The molecule has 0 saturated carbocycles. The van der Waals surface area contributed by atoms with Crippen molar-refractivity contribution in [1.82, 2.24) is 20.4 Å². The summed E-state index contributed by atoms with van der Waals surface area (Å²) in [7, 11) is 0. The standard InChI is InChI=1S/C20H18N4O3/c1-3-17-22-15-11-14(9-10-16(15)26-17)18-23-20(27-24-18)12(2)21-19(25)13-7-5-4-6-8-13/h4-12H,3H2,1-2H3,(H,21,25)/t12-/m0/s1. The summed E-state index contributed by atoms with van der Waals surface area (Å²) in [5, 5.41) is 6.88. The lowest BCUT2D eigenvalue weighted by Gasteiger charge is -2.09. The molecule has 2 heterocycles. The molecule has 4 rings (SSSR count). The second-order valence-corrected chi connectivity index (χ2v) is 6.16. The van der Waals surface area contributed by atoms with Crippen LogP contribution < -0.4 is 5.32 Å². The van der Waals surface area contributed by atoms with Crippen LogP contribution in [-0.2, 0) is 6.42 Å². The molecule has 7 nitrogen and oxygen atoms in total. The van der Waals surface area contributed by atoms with Gasteiger partial charge in [0.05, 0.1) is 0 Å². The van der Waals surface area contributed by atoms with E-state index < -0.39 is 6.04 Å². The summed E-state index contributed by atoms with van der Waals surface area (Å²) in [6.45, 7) is 3.79. The van der Waals surface area contributed by atoms with Crippen molar-refractivity contribution in [3.63, 3.8) is 0 Å². The van der Waals surface area contributed by atoms with E-state index in [1.807, 2.05) is 43.3 Å². The van der Waals surface area contributed by atoms with Crippen molar-refractivity contribution in [2.24, 2.45) is 0 Å². The summed E-state index contributed by atoms with van der Waals surface area (Å²) in [6.07, 6.45) is 0.731. The number of carbonyl (C=O) groups is 1. The van der Waals surface area contributed by atoms with Crippen molar-refractivity contribution in [1.29, 1.82) is 0 Å². The van der Waals surface area contributed by atoms with Gasteiger partial charge < -0.3 is 14.3 Å². The fourth-order valence-corrected chi connectivity index (χ4v) is 2.73. The Kier molecular flexibility index (Phi) is 4.42. The lowest BCUT2D eigenvalue weighted by atomic mass is 10.2. The number of hydrogen-bond acceptors (Lipinski definition) is 6. The second-order valence-electron chi connectivity index (χ2n) is 6.16. The predicted molar refractivity (Wildman–Crippen MR) is 99.0 cm³/mol. The smallest absolute Gasteiger partial charge is 0.251 e. The minimum atomic E-state index is -0.415. The Morgan fingerprint density at radius 3 is 2.74 bits per heavy atom. The molecule has 0 aliphatic heterocycles. The molecule has 136 valence electrons. The van der Waals surface area contributed by atoms with Gasteiger partial charge in [-0.05, 0) is 37.3 Å². The van der Waals surface area contributed by atoms with Crippen molar-refractivity contribution < 1.29 is 13.7 Å². The van der Waals surface area contributed by atoms with E-state index in [0.29, 0.717) is 23.2 Å². The van der Waals surface area contributed by atoms with Crippen LogP contribution in [0.5, 0.6) is 0 Å². The third kappa shape index (κ3) is 3.44. The Morgan fingerprint density at radius 2 is 1.96 bits per heavy atom. The molecule has 2 aromatic carbocycles. The van der Waals surface area contributed by atoms with Gasteiger partial charge in [0.25, 0.3) is 5.91 Å². The zero-order valence-corrected chi connectivity index (χ0v) is 15.0. The SMILES string of the molecule is CCc1nc2cc(-c3noc([C@H](C)NC(=O)c4ccccc4)n3)ccc2o1. The zero-order valence-electron chi connectivity index (χ0n) is 15.0. The summed E-state index contributed by atoms with van der Waals surface area (Å²) in [4.78, 5) is 21.1. The molecule has 1 N–H and O–H groups in total. The quantitative estimate of drug-likeness (QED) is 0.578. The van der Waals surface area contributed by atoms with E-state index in [1.165, 1.54) is 0 Å². The monoisotopic (exact) mass is 362 g/mol. The van der Waals surface area contributed by atoms with Crippen LogP contribution in [0.1, 0.15) is 42.0 Å². The van der Waals surface area contributed by atoms with Gasteiger partial charge in [-0.2, -0.15) is 4.98 Å². The fourth-order valence-electron chi connectivity index (χ4n) is 2.73. The maximum atomic E-state index is 12.3. The zero-order chi connectivity index (χ0) is 18.8. The van der Waals surface area contributed by atoms with Gasteiger partial charge in [0.1, 0.15) is 11.6 Å². The number of aromatic nitrogens is 3. The Bertz CT molecular complexity index is 1090. The molecule has 0 saturated heterocycles. The minimum absolute atomic E-state index is 0.195. The number of nitrogens with zero attached hydrogens (tertiary/aromatic N) is 3. The number of carbonyl (C=O) groups excluding carboxylic acids is 1. The third-order valence-electron chi connectivity index (χ3n) is 4.19. The molecular weight excluding hydrogens is 344 g/mol. The average Bonchev–Trinajstić information content (AvgIpc) is 3.35. The topological polar surface area (TPSA) is 94.1 Å². The molecule has 2 aromatic heterocycles. The van der Waals surface area contributed by atoms with Crippen molar-refractivity contribution >= 4 is 17.0 Å². The van der Waals surface area contributed by atoms with Crippen LogP contribution in [-0.4, -0.2) is 21.0 Å². The number of oxazole rings is 1. The average molecular weight is 362 g/mol. The summed E-state index contributed by atoms with van der Waals surface area (Å²) >= 11 is 0. The van der Waals surface area contributed by atoms with E-state index in [1.54, 1.807) is 19.1 Å². The normalized spacial score (nSPS) is 12.2. The maximum absolute atomic E-state index is 12.3. The summed E-state index contributed by atoms with van der Waals surface area (Å²) < 4.78 is 11.0. The highest BCUT2D eigenvalue weighted by Gasteiger charge is 2.18. The first-order valence-corrected chi connectivity index (χ1v) is 8.73. The van der Waals surface area contributed by atoms with E-state index in [9.17, 15) is 4.79 Å². The number of benzene rings is 2. The molecule has 0 aliphatic rings. The van der Waals surface area contributed by atoms with Crippen LogP contribution >= 0.6 is 0 Å². The highest BCUT2D eigenvalue weighted by atomic mass is 16.5. The largest absolute Gasteiger partial charge is 0.441 e. The van der Waals surface area contributed by atoms with Gasteiger partial charge in [-0.1, -0.05) is 30.3 Å². The molecular formula is C20H18N4O3. The molecule has 1 amide bonds. The Morgan fingerprint density at radius 1 is 1.15 bits per heavy atom. The number of fused-ring (bicyclic) bond motifs is 1. The summed E-state index contributed by atoms with van der Waals surface area (Å²) in [6, 6.07) is 14.1. The van der Waals surface area contributed by atoms with Gasteiger partial charge >= 0.3 is 0 Å². The lowest BCUT2D eigenvalue weighted by molar-refractivity contribution is 0.0932. The van der Waals surface area contributed by atoms with Crippen molar-refractivity contribution in [3.8, 4) is 11.4 Å². The van der Waals surface area contributed by atoms with Crippen LogP contribution in [0.3, 0.4) is 0 Å². The van der Waals surface area contributed by atoms with Gasteiger partial charge in [0.15, 0.2) is 11.5 Å². The Hall–Kier alpha value is -3.48. The molecule has 4 aromatic rings. The molecule has 0 bridgehead atoms. The first kappa shape index (κ1) is 17.0. The number of aryl methyl sites for hydroxylation is 1. The molecule has 0 fully saturated rings. The van der Waals surface area contributed by atoms with E-state index in [2.05, 4.69) is 20.4 Å². The number of hydrogen-bond donors (Lipinski definition) is 1. The van der Waals surface area contributed by atoms with Gasteiger partial charge in [0, 0.05) is 17.5 Å². The molecule has 27 heavy (non-hydrogen) atoms. The van der Waals surface area contributed by atoms with Crippen LogP contribution in [0.4, 0.5) is 0 Å². The van der Waals surface area contributed by atoms with Gasteiger partial charge in [-0.25, -0.2) is 4.98 Å². The maximum Gasteiger partial charge on any atom is 0.251 e. The molecule has 0 aliphatic carbocycles. The summed E-state index contributed by atoms with van der Waals surface area (Å²) in [5.74, 6) is 1.27. The highest BCUT2D eigenvalue weighted by molar-refractivity contribution is 5.94. The van der Waals surface area contributed by atoms with Gasteiger partial charge in [-0.3, -0.25) is 4.79 Å². The minimum Gasteiger partial charge on any atom is -0.441 e. The van der Waals surface area contributed by atoms with Crippen LogP contribution in [0, 0.1) is 0 Å². The second kappa shape index (κ2) is 7.03. The number of amides is 1. The number of rotatable bonds is 5. The molecule has 1 atom stereocenters. The van der Waals surface area contributed by atoms with E-state index in [-0.39, 0.29) is 5.91 Å². The van der Waals surface area contributed by atoms with E-state index in [0.717, 1.165) is 23.1 Å². The first-order valence-electron chi connectivity index (χ1n) is 8.73. The highest BCUT2D eigenvalue weighted by Crippen LogP contribution is 2.24. The van der Waals surface area contributed by atoms with Gasteiger partial charge in [-0.15, -0.1) is 0 Å². The molecule has 0 unspecified atom stereocenters. The van der Waals surface area contributed by atoms with Crippen molar-refractivity contribution in [3.05, 3.63) is 65.9 Å². The van der Waals surface area contributed by atoms with Gasteiger partial charge in [0.2, 0.25) is 11.7 Å². The molecule has 7 heteroatoms. The third-order valence-corrected chi connectivity index (χ3v) is 4.19. The molecule has 0 radical (unpaired) electrons. The van der Waals surface area contributed by atoms with E-state index in [4.69, 9.17) is 8.94 Å². The summed E-state index contributed by atoms with van der Waals surface area (Å²) in [5.41, 5.74) is 2.83. The van der Waals surface area contributed by atoms with Crippen LogP contribution in [0.25, 0.3) is 22.5 Å². The first-order chi connectivity index (χ1) is 13.1. The van der Waals surface area contributed by atoms with Crippen molar-refractivity contribution in [2.45, 2.75) is 26.3 Å². The van der Waals surface area contributed by atoms with E-state index >= 15 is 0 Å². The predicted octanol–water partition coefficient (Wildman–Crippen LogP) is 3.93.